The maximum Gasteiger partial charge on any atom is 0.254 e. The summed E-state index contributed by atoms with van der Waals surface area (Å²) in [4.78, 5) is 16.9. The minimum Gasteiger partial charge on any atom is -0.497 e. The molecular weight excluding hydrogens is 406 g/mol. The van der Waals surface area contributed by atoms with Gasteiger partial charge < -0.3 is 19.5 Å². The van der Waals surface area contributed by atoms with Crippen molar-refractivity contribution >= 4 is 22.9 Å². The molecule has 1 saturated heterocycles. The number of benzene rings is 1. The Morgan fingerprint density at radius 1 is 1.16 bits per heavy atom. The number of thiophene rings is 1. The Morgan fingerprint density at radius 3 is 2.84 bits per heavy atom. The fourth-order valence-electron chi connectivity index (χ4n) is 5.57. The summed E-state index contributed by atoms with van der Waals surface area (Å²) in [5.41, 5.74) is 5.65. The van der Waals surface area contributed by atoms with Gasteiger partial charge in [-0.25, -0.2) is 0 Å². The Balaban J connectivity index is 1.27. The summed E-state index contributed by atoms with van der Waals surface area (Å²) in [6.45, 7) is 1.53. The van der Waals surface area contributed by atoms with Crippen LogP contribution in [0.5, 0.6) is 5.75 Å². The van der Waals surface area contributed by atoms with Crippen LogP contribution in [0.15, 0.2) is 41.9 Å². The number of ether oxygens (including phenoxy) is 1. The van der Waals surface area contributed by atoms with Crippen LogP contribution in [0.3, 0.4) is 0 Å². The van der Waals surface area contributed by atoms with Gasteiger partial charge in [0.1, 0.15) is 5.75 Å². The highest BCUT2D eigenvalue weighted by molar-refractivity contribution is 7.10. The van der Waals surface area contributed by atoms with Crippen LogP contribution in [0.4, 0.5) is 5.69 Å². The number of amides is 1. The Bertz CT molecular complexity index is 1150. The van der Waals surface area contributed by atoms with Crippen LogP contribution in [0.2, 0.25) is 0 Å². The summed E-state index contributed by atoms with van der Waals surface area (Å²) in [5.74, 6) is 1.08. The SMILES string of the molecule is COc1ccc2c(c1)NC1(CCN(C(=O)c3csc4c3CCCC4)CC1)c1cccn1-2. The zero-order valence-corrected chi connectivity index (χ0v) is 18.6. The maximum atomic E-state index is 13.4. The van der Waals surface area contributed by atoms with Crippen molar-refractivity contribution in [3.63, 3.8) is 0 Å². The Labute approximate surface area is 186 Å². The third-order valence-corrected chi connectivity index (χ3v) is 8.36. The second-order valence-corrected chi connectivity index (χ2v) is 9.87. The van der Waals surface area contributed by atoms with Crippen LogP contribution in [0, 0.1) is 0 Å². The third kappa shape index (κ3) is 2.92. The molecule has 2 aromatic heterocycles. The lowest BCUT2D eigenvalue weighted by Gasteiger charge is -2.46. The molecule has 0 unspecified atom stereocenters. The molecule has 5 nitrogen and oxygen atoms in total. The van der Waals surface area contributed by atoms with Gasteiger partial charge in [0.25, 0.3) is 5.91 Å². The molecule has 2 aliphatic heterocycles. The van der Waals surface area contributed by atoms with Gasteiger partial charge in [0.2, 0.25) is 0 Å². The second kappa shape index (κ2) is 7.16. The first kappa shape index (κ1) is 19.0. The first-order valence-electron chi connectivity index (χ1n) is 11.2. The average Bonchev–Trinajstić information content (AvgIpc) is 3.47. The van der Waals surface area contributed by atoms with E-state index in [1.807, 2.05) is 6.07 Å². The van der Waals surface area contributed by atoms with E-state index in [4.69, 9.17) is 4.74 Å². The normalized spacial score (nSPS) is 18.7. The fourth-order valence-corrected chi connectivity index (χ4v) is 6.69. The zero-order chi connectivity index (χ0) is 21.0. The van der Waals surface area contributed by atoms with Gasteiger partial charge in [-0.1, -0.05) is 0 Å². The Kier molecular flexibility index (Phi) is 4.39. The number of hydrogen-bond donors (Lipinski definition) is 1. The molecular formula is C25H27N3O2S. The van der Waals surface area contributed by atoms with Gasteiger partial charge in [0, 0.05) is 41.3 Å². The fraction of sp³-hybridized carbons (Fsp3) is 0.400. The third-order valence-electron chi connectivity index (χ3n) is 7.27. The molecule has 4 heterocycles. The number of likely N-dealkylation sites (tertiary alicyclic amines) is 1. The Hall–Kier alpha value is -2.73. The number of nitrogens with zero attached hydrogens (tertiary/aromatic N) is 2. The number of carbonyl (C=O) groups is 1. The number of fused-ring (bicyclic) bond motifs is 5. The topological polar surface area (TPSA) is 46.5 Å². The van der Waals surface area contributed by atoms with Crippen molar-refractivity contribution in [2.24, 2.45) is 0 Å². The smallest absolute Gasteiger partial charge is 0.254 e. The first-order chi connectivity index (χ1) is 15.2. The van der Waals surface area contributed by atoms with E-state index in [1.165, 1.54) is 29.0 Å². The van der Waals surface area contributed by atoms with Gasteiger partial charge >= 0.3 is 0 Å². The van der Waals surface area contributed by atoms with Crippen molar-refractivity contribution in [3.05, 3.63) is 63.6 Å². The molecule has 1 aliphatic carbocycles. The molecule has 6 rings (SSSR count). The number of anilines is 1. The van der Waals surface area contributed by atoms with Crippen LogP contribution in [0.1, 0.15) is 52.2 Å². The van der Waals surface area contributed by atoms with Crippen molar-refractivity contribution in [1.82, 2.24) is 9.47 Å². The highest BCUT2D eigenvalue weighted by Gasteiger charge is 2.42. The van der Waals surface area contributed by atoms with Crippen LogP contribution >= 0.6 is 11.3 Å². The summed E-state index contributed by atoms with van der Waals surface area (Å²) in [6, 6.07) is 10.5. The van der Waals surface area contributed by atoms with E-state index < -0.39 is 0 Å². The number of rotatable bonds is 2. The van der Waals surface area contributed by atoms with Crippen LogP contribution in [-0.4, -0.2) is 35.6 Å². The number of hydrogen-bond acceptors (Lipinski definition) is 4. The molecule has 1 spiro atoms. The number of methoxy groups -OCH3 is 1. The predicted molar refractivity (Wildman–Crippen MR) is 124 cm³/mol. The molecule has 0 radical (unpaired) electrons. The van der Waals surface area contributed by atoms with E-state index >= 15 is 0 Å². The van der Waals surface area contributed by atoms with Gasteiger partial charge in [-0.15, -0.1) is 11.3 Å². The van der Waals surface area contributed by atoms with Gasteiger partial charge in [0.05, 0.1) is 29.6 Å². The predicted octanol–water partition coefficient (Wildman–Crippen LogP) is 4.98. The molecule has 31 heavy (non-hydrogen) atoms. The summed E-state index contributed by atoms with van der Waals surface area (Å²) < 4.78 is 7.75. The van der Waals surface area contributed by atoms with E-state index in [0.29, 0.717) is 0 Å². The number of aromatic nitrogens is 1. The largest absolute Gasteiger partial charge is 0.497 e. The van der Waals surface area contributed by atoms with Crippen LogP contribution in [0.25, 0.3) is 5.69 Å². The standard InChI is InChI=1S/C25H27N3O2S/c1-30-17-8-9-21-20(15-17)26-25(23-7-4-12-28(21)23)10-13-27(14-11-25)24(29)19-16-31-22-6-3-2-5-18(19)22/h4,7-9,12,15-16,26H,2-3,5-6,10-11,13-14H2,1H3. The molecule has 0 atom stereocenters. The molecule has 0 bridgehead atoms. The van der Waals surface area contributed by atoms with Crippen molar-refractivity contribution in [3.8, 4) is 11.4 Å². The molecule has 1 N–H and O–H groups in total. The van der Waals surface area contributed by atoms with Gasteiger partial charge in [0.15, 0.2) is 0 Å². The van der Waals surface area contributed by atoms with E-state index in [9.17, 15) is 4.79 Å². The summed E-state index contributed by atoms with van der Waals surface area (Å²) in [5, 5.41) is 5.94. The average molecular weight is 434 g/mol. The highest BCUT2D eigenvalue weighted by atomic mass is 32.1. The van der Waals surface area contributed by atoms with Gasteiger partial charge in [-0.2, -0.15) is 0 Å². The van der Waals surface area contributed by atoms with Crippen molar-refractivity contribution in [2.75, 3.05) is 25.5 Å². The lowest BCUT2D eigenvalue weighted by atomic mass is 9.82. The van der Waals surface area contributed by atoms with Crippen molar-refractivity contribution < 1.29 is 9.53 Å². The molecule has 3 aromatic rings. The minimum atomic E-state index is -0.159. The van der Waals surface area contributed by atoms with Crippen LogP contribution in [-0.2, 0) is 18.4 Å². The van der Waals surface area contributed by atoms with E-state index in [1.54, 1.807) is 18.4 Å². The first-order valence-corrected chi connectivity index (χ1v) is 12.1. The monoisotopic (exact) mass is 433 g/mol. The highest BCUT2D eigenvalue weighted by Crippen LogP contribution is 2.44. The molecule has 3 aliphatic rings. The van der Waals surface area contributed by atoms with E-state index in [0.717, 1.165) is 61.5 Å². The zero-order valence-electron chi connectivity index (χ0n) is 17.8. The number of piperidine rings is 1. The minimum absolute atomic E-state index is 0.159. The number of carbonyl (C=O) groups excluding carboxylic acids is 1. The van der Waals surface area contributed by atoms with Crippen molar-refractivity contribution in [2.45, 2.75) is 44.1 Å². The number of aryl methyl sites for hydroxylation is 1. The van der Waals surface area contributed by atoms with E-state index in [2.05, 4.69) is 50.6 Å². The molecule has 160 valence electrons. The lowest BCUT2D eigenvalue weighted by Crippen LogP contribution is -2.51. The van der Waals surface area contributed by atoms with Crippen molar-refractivity contribution in [1.29, 1.82) is 0 Å². The summed E-state index contributed by atoms with van der Waals surface area (Å²) in [7, 11) is 1.70. The second-order valence-electron chi connectivity index (χ2n) is 8.90. The summed E-state index contributed by atoms with van der Waals surface area (Å²) in [6.07, 6.45) is 8.59. The quantitative estimate of drug-likeness (QED) is 0.620. The molecule has 6 heteroatoms. The lowest BCUT2D eigenvalue weighted by molar-refractivity contribution is 0.0675. The van der Waals surface area contributed by atoms with Gasteiger partial charge in [-0.3, -0.25) is 4.79 Å². The molecule has 1 aromatic carbocycles. The molecule has 1 fully saturated rings. The van der Waals surface area contributed by atoms with E-state index in [-0.39, 0.29) is 11.4 Å². The van der Waals surface area contributed by atoms with Crippen LogP contribution < -0.4 is 10.1 Å². The molecule has 0 saturated carbocycles. The Morgan fingerprint density at radius 2 is 2.00 bits per heavy atom. The molecule has 1 amide bonds. The maximum absolute atomic E-state index is 13.4. The van der Waals surface area contributed by atoms with Gasteiger partial charge in [-0.05, 0) is 68.4 Å². The number of nitrogens with one attached hydrogen (secondary N) is 1. The summed E-state index contributed by atoms with van der Waals surface area (Å²) >= 11 is 1.78.